The number of rotatable bonds is 3. The van der Waals surface area contributed by atoms with Gasteiger partial charge < -0.3 is 20.9 Å². The molecule has 2 aliphatic rings. The zero-order valence-electron chi connectivity index (χ0n) is 17.2. The van der Waals surface area contributed by atoms with E-state index in [4.69, 9.17) is 10.7 Å². The fourth-order valence-corrected chi connectivity index (χ4v) is 5.46. The molecule has 0 bridgehead atoms. The minimum absolute atomic E-state index is 0.118. The van der Waals surface area contributed by atoms with E-state index in [1.807, 2.05) is 11.3 Å². The molecule has 5 nitrogen and oxygen atoms in total. The van der Waals surface area contributed by atoms with Gasteiger partial charge >= 0.3 is 0 Å². The number of nitrogens with one attached hydrogen (secondary N) is 1. The van der Waals surface area contributed by atoms with Gasteiger partial charge in [0.1, 0.15) is 0 Å². The van der Waals surface area contributed by atoms with E-state index in [0.29, 0.717) is 0 Å². The van der Waals surface area contributed by atoms with E-state index in [9.17, 15) is 0 Å². The quantitative estimate of drug-likeness (QED) is 0.695. The molecule has 2 fully saturated rings. The number of pyridine rings is 1. The zero-order valence-corrected chi connectivity index (χ0v) is 18.1. The van der Waals surface area contributed by atoms with Crippen LogP contribution in [-0.2, 0) is 0 Å². The van der Waals surface area contributed by atoms with Crippen LogP contribution in [0.5, 0.6) is 0 Å². The van der Waals surface area contributed by atoms with Crippen molar-refractivity contribution < 1.29 is 0 Å². The van der Waals surface area contributed by atoms with Crippen molar-refractivity contribution in [2.75, 3.05) is 49.1 Å². The summed E-state index contributed by atoms with van der Waals surface area (Å²) in [5, 5.41) is 3.42. The molecule has 5 rings (SSSR count). The standard InChI is InChI=1S/C23H29N5S/c1-16-13-20-22(29-16)21(28-10-7-23(2,24)15-28)14-19(26-20)17-3-5-18(6-4-17)27-11-8-25-9-12-27/h3-6,13-14,25H,7-12,15,24H2,1-2H3. The summed E-state index contributed by atoms with van der Waals surface area (Å²) < 4.78 is 1.28. The molecule has 0 aliphatic carbocycles. The Kier molecular flexibility index (Phi) is 4.73. The number of thiophene rings is 1. The molecule has 2 aromatic heterocycles. The Bertz CT molecular complexity index is 1020. The first kappa shape index (κ1) is 18.9. The molecule has 2 aliphatic heterocycles. The van der Waals surface area contributed by atoms with Gasteiger partial charge in [-0.3, -0.25) is 0 Å². The van der Waals surface area contributed by atoms with Gasteiger partial charge in [-0.2, -0.15) is 0 Å². The number of fused-ring (bicyclic) bond motifs is 1. The van der Waals surface area contributed by atoms with Crippen molar-refractivity contribution in [1.29, 1.82) is 0 Å². The molecule has 0 radical (unpaired) electrons. The average molecular weight is 408 g/mol. The Labute approximate surface area is 176 Å². The Morgan fingerprint density at radius 2 is 1.83 bits per heavy atom. The minimum Gasteiger partial charge on any atom is -0.369 e. The highest BCUT2D eigenvalue weighted by atomic mass is 32.1. The molecule has 0 saturated carbocycles. The first-order valence-electron chi connectivity index (χ1n) is 10.5. The molecule has 0 spiro atoms. The maximum Gasteiger partial charge on any atom is 0.0841 e. The van der Waals surface area contributed by atoms with E-state index >= 15 is 0 Å². The number of anilines is 2. The largest absolute Gasteiger partial charge is 0.369 e. The Morgan fingerprint density at radius 3 is 2.52 bits per heavy atom. The molecule has 29 heavy (non-hydrogen) atoms. The van der Waals surface area contributed by atoms with Crippen molar-refractivity contribution in [2.45, 2.75) is 25.8 Å². The molecule has 3 N–H and O–H groups in total. The molecule has 6 heteroatoms. The highest BCUT2D eigenvalue weighted by molar-refractivity contribution is 7.19. The summed E-state index contributed by atoms with van der Waals surface area (Å²) in [6.45, 7) is 10.4. The van der Waals surface area contributed by atoms with Crippen LogP contribution < -0.4 is 20.9 Å². The number of benzene rings is 1. The van der Waals surface area contributed by atoms with Crippen molar-refractivity contribution >= 4 is 32.9 Å². The van der Waals surface area contributed by atoms with Crippen LogP contribution in [0.2, 0.25) is 0 Å². The van der Waals surface area contributed by atoms with E-state index in [1.54, 1.807) is 0 Å². The van der Waals surface area contributed by atoms with E-state index in [0.717, 1.165) is 56.9 Å². The van der Waals surface area contributed by atoms with E-state index in [-0.39, 0.29) is 5.54 Å². The Morgan fingerprint density at radius 1 is 1.07 bits per heavy atom. The van der Waals surface area contributed by atoms with Crippen LogP contribution in [0, 0.1) is 6.92 Å². The number of nitrogens with zero attached hydrogens (tertiary/aromatic N) is 3. The van der Waals surface area contributed by atoms with Crippen molar-refractivity contribution in [3.63, 3.8) is 0 Å². The van der Waals surface area contributed by atoms with Crippen molar-refractivity contribution in [3.8, 4) is 11.3 Å². The minimum atomic E-state index is -0.118. The van der Waals surface area contributed by atoms with Crippen LogP contribution in [-0.4, -0.2) is 49.8 Å². The van der Waals surface area contributed by atoms with E-state index in [2.05, 4.69) is 65.4 Å². The number of hydrogen-bond acceptors (Lipinski definition) is 6. The first-order valence-corrected chi connectivity index (χ1v) is 11.3. The first-order chi connectivity index (χ1) is 14.0. The Hall–Kier alpha value is -2.15. The van der Waals surface area contributed by atoms with Gasteiger partial charge in [0.2, 0.25) is 0 Å². The third-order valence-corrected chi connectivity index (χ3v) is 7.14. The van der Waals surface area contributed by atoms with Crippen LogP contribution in [0.25, 0.3) is 21.5 Å². The van der Waals surface area contributed by atoms with Gasteiger partial charge in [0.25, 0.3) is 0 Å². The maximum atomic E-state index is 6.43. The molecule has 4 heterocycles. The van der Waals surface area contributed by atoms with Crippen molar-refractivity contribution in [3.05, 3.63) is 41.3 Å². The third-order valence-electron chi connectivity index (χ3n) is 6.07. The number of aryl methyl sites for hydroxylation is 1. The molecule has 1 atom stereocenters. The van der Waals surface area contributed by atoms with E-state index < -0.39 is 0 Å². The fourth-order valence-electron chi connectivity index (χ4n) is 4.46. The predicted octanol–water partition coefficient (Wildman–Crippen LogP) is 3.61. The molecular formula is C23H29N5S. The SMILES string of the molecule is Cc1cc2nc(-c3ccc(N4CCNCC4)cc3)cc(N3CCC(C)(N)C3)c2s1. The van der Waals surface area contributed by atoms with Crippen LogP contribution in [0.1, 0.15) is 18.2 Å². The van der Waals surface area contributed by atoms with Gasteiger partial charge in [0.05, 0.1) is 21.6 Å². The van der Waals surface area contributed by atoms with Gasteiger partial charge in [-0.05, 0) is 44.5 Å². The molecule has 0 amide bonds. The summed E-state index contributed by atoms with van der Waals surface area (Å²) in [6.07, 6.45) is 1.02. The third kappa shape index (κ3) is 3.72. The average Bonchev–Trinajstić information content (AvgIpc) is 3.29. The summed E-state index contributed by atoms with van der Waals surface area (Å²) in [4.78, 5) is 11.2. The van der Waals surface area contributed by atoms with Crippen LogP contribution >= 0.6 is 11.3 Å². The second-order valence-corrected chi connectivity index (χ2v) is 9.96. The number of piperazine rings is 1. The summed E-state index contributed by atoms with van der Waals surface area (Å²) in [6, 6.07) is 13.4. The molecular weight excluding hydrogens is 378 g/mol. The topological polar surface area (TPSA) is 57.4 Å². The lowest BCUT2D eigenvalue weighted by atomic mass is 10.0. The second kappa shape index (κ2) is 7.27. The van der Waals surface area contributed by atoms with Gasteiger partial charge in [-0.15, -0.1) is 11.3 Å². The van der Waals surface area contributed by atoms with Crippen LogP contribution in [0.4, 0.5) is 11.4 Å². The normalized spacial score (nSPS) is 22.6. The highest BCUT2D eigenvalue weighted by Crippen LogP contribution is 2.38. The van der Waals surface area contributed by atoms with Gasteiger partial charge in [-0.25, -0.2) is 4.98 Å². The summed E-state index contributed by atoms with van der Waals surface area (Å²) in [5.74, 6) is 0. The summed E-state index contributed by atoms with van der Waals surface area (Å²) in [7, 11) is 0. The van der Waals surface area contributed by atoms with Crippen LogP contribution in [0.3, 0.4) is 0 Å². The van der Waals surface area contributed by atoms with Gasteiger partial charge in [0.15, 0.2) is 0 Å². The van der Waals surface area contributed by atoms with E-state index in [1.165, 1.54) is 26.5 Å². The fraction of sp³-hybridized carbons (Fsp3) is 0.435. The highest BCUT2D eigenvalue weighted by Gasteiger charge is 2.31. The lowest BCUT2D eigenvalue weighted by Gasteiger charge is -2.29. The lowest BCUT2D eigenvalue weighted by molar-refractivity contribution is 0.525. The Balaban J connectivity index is 1.51. The lowest BCUT2D eigenvalue weighted by Crippen LogP contribution is -2.43. The monoisotopic (exact) mass is 407 g/mol. The maximum absolute atomic E-state index is 6.43. The predicted molar refractivity (Wildman–Crippen MR) is 124 cm³/mol. The summed E-state index contributed by atoms with van der Waals surface area (Å²) >= 11 is 1.83. The van der Waals surface area contributed by atoms with Crippen LogP contribution in [0.15, 0.2) is 36.4 Å². The van der Waals surface area contributed by atoms with Gasteiger partial charge in [0, 0.05) is 60.9 Å². The van der Waals surface area contributed by atoms with Crippen molar-refractivity contribution in [2.24, 2.45) is 5.73 Å². The number of hydrogen-bond donors (Lipinski definition) is 2. The molecule has 1 unspecified atom stereocenters. The molecule has 1 aromatic carbocycles. The number of nitrogens with two attached hydrogens (primary N) is 1. The van der Waals surface area contributed by atoms with Gasteiger partial charge in [-0.1, -0.05) is 12.1 Å². The molecule has 3 aromatic rings. The zero-order chi connectivity index (χ0) is 20.0. The second-order valence-electron chi connectivity index (χ2n) is 8.71. The molecule has 2 saturated heterocycles. The number of aromatic nitrogens is 1. The smallest absolute Gasteiger partial charge is 0.0841 e. The van der Waals surface area contributed by atoms with Crippen molar-refractivity contribution in [1.82, 2.24) is 10.3 Å². The molecule has 152 valence electrons. The summed E-state index contributed by atoms with van der Waals surface area (Å²) in [5.41, 5.74) is 12.2.